The van der Waals surface area contributed by atoms with E-state index in [1.165, 1.54) is 24.3 Å². The summed E-state index contributed by atoms with van der Waals surface area (Å²) in [6.45, 7) is 8.78. The summed E-state index contributed by atoms with van der Waals surface area (Å²) in [5.41, 5.74) is 1.14. The van der Waals surface area contributed by atoms with Crippen LogP contribution in [0.2, 0.25) is 0 Å². The fraction of sp³-hybridized carbons (Fsp3) is 0.350. The van der Waals surface area contributed by atoms with Gasteiger partial charge in [0.1, 0.15) is 0 Å². The third-order valence-corrected chi connectivity index (χ3v) is 7.33. The lowest BCUT2D eigenvalue weighted by Crippen LogP contribution is -2.34. The summed E-state index contributed by atoms with van der Waals surface area (Å²) in [5, 5.41) is 2.69. The predicted octanol–water partition coefficient (Wildman–Crippen LogP) is 4.17. The largest absolute Gasteiger partial charge is 0.361 e. The average molecular weight is 454 g/mol. The summed E-state index contributed by atoms with van der Waals surface area (Å²) in [5.74, 6) is 0. The lowest BCUT2D eigenvalue weighted by Gasteiger charge is -2.23. The maximum atomic E-state index is 13.2. The van der Waals surface area contributed by atoms with E-state index >= 15 is 0 Å². The minimum Gasteiger partial charge on any atom is -0.307 e. The number of hydrogen-bond donors (Lipinski definition) is 2. The van der Waals surface area contributed by atoms with Gasteiger partial charge in [-0.05, 0) is 65.0 Å². The standard InChI is InChI=1S/C20H27N2O6PS/c1-14(2)27-29(24,28-15(3)4)18-8-6-7-17(13-18)21-20(23)22-30(25,26)19-11-9-16(5)10-12-19/h6-15H,1-5H3,(H2,21,22,23). The van der Waals surface area contributed by atoms with Gasteiger partial charge in [0.05, 0.1) is 22.4 Å². The van der Waals surface area contributed by atoms with Gasteiger partial charge in [0, 0.05) is 5.69 Å². The maximum Gasteiger partial charge on any atom is 0.361 e. The molecule has 10 heteroatoms. The van der Waals surface area contributed by atoms with Crippen molar-refractivity contribution in [3.05, 3.63) is 54.1 Å². The molecule has 0 unspecified atom stereocenters. The van der Waals surface area contributed by atoms with Crippen LogP contribution in [0.25, 0.3) is 0 Å². The lowest BCUT2D eigenvalue weighted by molar-refractivity contribution is 0.150. The van der Waals surface area contributed by atoms with E-state index in [1.807, 2.05) is 11.6 Å². The lowest BCUT2D eigenvalue weighted by atomic mass is 10.2. The van der Waals surface area contributed by atoms with Crippen LogP contribution in [-0.4, -0.2) is 26.7 Å². The molecule has 30 heavy (non-hydrogen) atoms. The summed E-state index contributed by atoms with van der Waals surface area (Å²) in [6, 6.07) is 11.3. The highest BCUT2D eigenvalue weighted by Gasteiger charge is 2.30. The average Bonchev–Trinajstić information content (AvgIpc) is 2.60. The molecule has 2 rings (SSSR count). The van der Waals surface area contributed by atoms with Gasteiger partial charge < -0.3 is 14.4 Å². The van der Waals surface area contributed by atoms with E-state index in [4.69, 9.17) is 9.05 Å². The Hall–Kier alpha value is -2.19. The Morgan fingerprint density at radius 1 is 0.967 bits per heavy atom. The van der Waals surface area contributed by atoms with Crippen LogP contribution >= 0.6 is 7.60 Å². The minimum atomic E-state index is -4.03. The Morgan fingerprint density at radius 3 is 2.07 bits per heavy atom. The van der Waals surface area contributed by atoms with Gasteiger partial charge in [-0.3, -0.25) is 4.57 Å². The van der Waals surface area contributed by atoms with Gasteiger partial charge in [0.25, 0.3) is 10.0 Å². The first-order chi connectivity index (χ1) is 13.9. The molecule has 0 fully saturated rings. The Balaban J connectivity index is 2.20. The highest BCUT2D eigenvalue weighted by Crippen LogP contribution is 2.49. The molecule has 0 atom stereocenters. The van der Waals surface area contributed by atoms with Crippen LogP contribution in [0.3, 0.4) is 0 Å². The van der Waals surface area contributed by atoms with Gasteiger partial charge in [-0.25, -0.2) is 17.9 Å². The van der Waals surface area contributed by atoms with E-state index in [0.717, 1.165) is 5.56 Å². The Kier molecular flexibility index (Phi) is 7.82. The van der Waals surface area contributed by atoms with Crippen molar-refractivity contribution in [2.75, 3.05) is 5.32 Å². The first kappa shape index (κ1) is 24.1. The molecule has 0 bridgehead atoms. The SMILES string of the molecule is Cc1ccc(S(=O)(=O)NC(=O)Nc2cccc(P(=O)(OC(C)C)OC(C)C)c2)cc1. The monoisotopic (exact) mass is 454 g/mol. The van der Waals surface area contributed by atoms with Crippen molar-refractivity contribution in [1.29, 1.82) is 0 Å². The molecule has 2 amide bonds. The zero-order valence-corrected chi connectivity index (χ0v) is 19.3. The van der Waals surface area contributed by atoms with Crippen LogP contribution in [0.4, 0.5) is 10.5 Å². The smallest absolute Gasteiger partial charge is 0.307 e. The number of nitrogens with one attached hydrogen (secondary N) is 2. The Labute approximate surface area is 177 Å². The number of aryl methyl sites for hydroxylation is 1. The molecule has 0 heterocycles. The number of carbonyl (C=O) groups is 1. The number of urea groups is 1. The van der Waals surface area contributed by atoms with E-state index in [-0.39, 0.29) is 28.1 Å². The van der Waals surface area contributed by atoms with Gasteiger partial charge in [0.15, 0.2) is 0 Å². The second-order valence-electron chi connectivity index (χ2n) is 7.23. The van der Waals surface area contributed by atoms with Gasteiger partial charge in [-0.2, -0.15) is 0 Å². The number of carbonyl (C=O) groups excluding carboxylic acids is 1. The summed E-state index contributed by atoms with van der Waals surface area (Å²) in [7, 11) is -7.67. The topological polar surface area (TPSA) is 111 Å². The maximum absolute atomic E-state index is 13.2. The van der Waals surface area contributed by atoms with Crippen molar-refractivity contribution in [3.8, 4) is 0 Å². The first-order valence-corrected chi connectivity index (χ1v) is 12.4. The molecule has 0 saturated heterocycles. The normalized spacial score (nSPS) is 12.2. The van der Waals surface area contributed by atoms with Gasteiger partial charge in [-0.1, -0.05) is 23.8 Å². The molecule has 2 N–H and O–H groups in total. The molecule has 0 aliphatic heterocycles. The molecule has 0 spiro atoms. The van der Waals surface area contributed by atoms with Crippen molar-refractivity contribution in [1.82, 2.24) is 4.72 Å². The van der Waals surface area contributed by atoms with E-state index in [2.05, 4.69) is 5.32 Å². The van der Waals surface area contributed by atoms with Crippen LogP contribution < -0.4 is 15.3 Å². The summed E-state index contributed by atoms with van der Waals surface area (Å²) >= 11 is 0. The van der Waals surface area contributed by atoms with Crippen LogP contribution in [0, 0.1) is 6.92 Å². The van der Waals surface area contributed by atoms with Gasteiger partial charge in [0.2, 0.25) is 0 Å². The number of sulfonamides is 1. The zero-order chi connectivity index (χ0) is 22.5. The molecular formula is C20H27N2O6PS. The summed E-state index contributed by atoms with van der Waals surface area (Å²) in [6.07, 6.45) is -0.705. The fourth-order valence-electron chi connectivity index (χ4n) is 2.51. The number of benzene rings is 2. The summed E-state index contributed by atoms with van der Waals surface area (Å²) < 4.78 is 51.0. The van der Waals surface area contributed by atoms with Crippen LogP contribution in [0.5, 0.6) is 0 Å². The van der Waals surface area contributed by atoms with E-state index in [0.29, 0.717) is 0 Å². The molecule has 0 aliphatic carbocycles. The fourth-order valence-corrected chi connectivity index (χ4v) is 5.39. The molecule has 2 aromatic rings. The van der Waals surface area contributed by atoms with Crippen molar-refractivity contribution in [2.24, 2.45) is 0 Å². The predicted molar refractivity (Wildman–Crippen MR) is 117 cm³/mol. The van der Waals surface area contributed by atoms with Gasteiger partial charge >= 0.3 is 13.6 Å². The Morgan fingerprint density at radius 2 is 1.53 bits per heavy atom. The van der Waals surface area contributed by atoms with Crippen molar-refractivity contribution < 1.29 is 26.8 Å². The Bertz CT molecular complexity index is 1020. The zero-order valence-electron chi connectivity index (χ0n) is 17.6. The van der Waals surface area contributed by atoms with E-state index < -0.39 is 23.7 Å². The number of amides is 2. The van der Waals surface area contributed by atoms with Crippen LogP contribution in [-0.2, 0) is 23.6 Å². The molecule has 0 radical (unpaired) electrons. The first-order valence-electron chi connectivity index (χ1n) is 9.39. The quantitative estimate of drug-likeness (QED) is 0.579. The molecule has 8 nitrogen and oxygen atoms in total. The van der Waals surface area contributed by atoms with Crippen LogP contribution in [0.15, 0.2) is 53.4 Å². The molecule has 0 aromatic heterocycles. The van der Waals surface area contributed by atoms with Gasteiger partial charge in [-0.15, -0.1) is 0 Å². The summed E-state index contributed by atoms with van der Waals surface area (Å²) in [4.78, 5) is 12.2. The third-order valence-electron chi connectivity index (χ3n) is 3.68. The minimum absolute atomic E-state index is 0.0304. The van der Waals surface area contributed by atoms with Crippen molar-refractivity contribution in [2.45, 2.75) is 51.7 Å². The molecular weight excluding hydrogens is 427 g/mol. The molecule has 2 aromatic carbocycles. The van der Waals surface area contributed by atoms with E-state index in [9.17, 15) is 17.8 Å². The highest BCUT2D eigenvalue weighted by atomic mass is 32.2. The third kappa shape index (κ3) is 6.67. The highest BCUT2D eigenvalue weighted by molar-refractivity contribution is 7.90. The molecule has 164 valence electrons. The molecule has 0 aliphatic rings. The number of hydrogen-bond acceptors (Lipinski definition) is 6. The second-order valence-corrected chi connectivity index (χ2v) is 10.8. The number of rotatable bonds is 8. The van der Waals surface area contributed by atoms with Crippen LogP contribution in [0.1, 0.15) is 33.3 Å². The van der Waals surface area contributed by atoms with Crippen molar-refractivity contribution >= 4 is 34.6 Å². The molecule has 0 saturated carbocycles. The number of anilines is 1. The van der Waals surface area contributed by atoms with Crippen molar-refractivity contribution in [3.63, 3.8) is 0 Å². The van der Waals surface area contributed by atoms with E-state index in [1.54, 1.807) is 52.0 Å². The second kappa shape index (κ2) is 9.75.